The van der Waals surface area contributed by atoms with Crippen molar-refractivity contribution in [3.8, 4) is 11.4 Å². The van der Waals surface area contributed by atoms with Gasteiger partial charge in [-0.05, 0) is 36.4 Å². The number of rotatable bonds is 1. The molecular weight excluding hydrogens is 202 g/mol. The molecule has 1 aromatic heterocycles. The van der Waals surface area contributed by atoms with Crippen LogP contribution in [0.1, 0.15) is 0 Å². The van der Waals surface area contributed by atoms with Crippen molar-refractivity contribution in [2.45, 2.75) is 0 Å². The van der Waals surface area contributed by atoms with E-state index in [1.807, 2.05) is 24.3 Å². The van der Waals surface area contributed by atoms with Crippen LogP contribution in [0.2, 0.25) is 0 Å². The molecule has 0 atom stereocenters. The first kappa shape index (κ1) is 8.91. The van der Waals surface area contributed by atoms with Gasteiger partial charge in [0, 0.05) is 0 Å². The van der Waals surface area contributed by atoms with E-state index in [2.05, 4.69) is 10.2 Å². The molecule has 0 unspecified atom stereocenters. The highest BCUT2D eigenvalue weighted by atomic mass is 16.3. The van der Waals surface area contributed by atoms with Crippen molar-refractivity contribution < 1.29 is 5.11 Å². The van der Waals surface area contributed by atoms with E-state index in [1.54, 1.807) is 12.1 Å². The molecule has 16 heavy (non-hydrogen) atoms. The average molecular weight is 210 g/mol. The summed E-state index contributed by atoms with van der Waals surface area (Å²) in [4.78, 5) is 1.53. The minimum absolute atomic E-state index is 0.0135. The number of aromatic nitrogens is 3. The van der Waals surface area contributed by atoms with Crippen molar-refractivity contribution in [2.24, 2.45) is 0 Å². The van der Waals surface area contributed by atoms with Gasteiger partial charge in [0.05, 0.1) is 5.69 Å². The van der Waals surface area contributed by atoms with E-state index in [1.165, 1.54) is 16.9 Å². The van der Waals surface area contributed by atoms with E-state index >= 15 is 0 Å². The summed E-state index contributed by atoms with van der Waals surface area (Å²) in [6.07, 6.45) is 0. The Bertz CT molecular complexity index is 595. The van der Waals surface area contributed by atoms with Gasteiger partial charge in [0.25, 0.3) is 0 Å². The van der Waals surface area contributed by atoms with E-state index in [0.717, 1.165) is 16.7 Å². The predicted molar refractivity (Wildman–Crippen MR) is 59.0 cm³/mol. The molecule has 3 aromatic rings. The molecule has 0 saturated heterocycles. The monoisotopic (exact) mass is 210 g/mol. The zero-order chi connectivity index (χ0) is 11.0. The van der Waals surface area contributed by atoms with Gasteiger partial charge in [0.2, 0.25) is 0 Å². The number of benzene rings is 2. The normalized spacial score (nSPS) is 10.8. The summed E-state index contributed by atoms with van der Waals surface area (Å²) in [5, 5.41) is 19.6. The van der Waals surface area contributed by atoms with Gasteiger partial charge < -0.3 is 0 Å². The minimum atomic E-state index is -0.0135. The van der Waals surface area contributed by atoms with E-state index < -0.39 is 0 Å². The second-order valence-corrected chi connectivity index (χ2v) is 3.47. The molecule has 4 heteroatoms. The lowest BCUT2D eigenvalue weighted by atomic mass is 10.3. The third-order valence-electron chi connectivity index (χ3n) is 2.35. The molecule has 0 spiro atoms. The molecular formula is C12H8N3O. The van der Waals surface area contributed by atoms with Crippen LogP contribution in [0.3, 0.4) is 0 Å². The van der Waals surface area contributed by atoms with Gasteiger partial charge in [0.1, 0.15) is 11.0 Å². The Balaban J connectivity index is 2.15. The molecule has 4 nitrogen and oxygen atoms in total. The van der Waals surface area contributed by atoms with Gasteiger partial charge in [-0.25, -0.2) is 0 Å². The van der Waals surface area contributed by atoms with Gasteiger partial charge in [-0.3, -0.25) is 5.11 Å². The van der Waals surface area contributed by atoms with Gasteiger partial charge in [-0.1, -0.05) is 12.1 Å². The maximum absolute atomic E-state index is 11.0. The van der Waals surface area contributed by atoms with Crippen molar-refractivity contribution in [1.29, 1.82) is 0 Å². The number of hydrogen-bond donors (Lipinski definition) is 0. The summed E-state index contributed by atoms with van der Waals surface area (Å²) in [6.45, 7) is 0. The Labute approximate surface area is 91.8 Å². The van der Waals surface area contributed by atoms with Crippen molar-refractivity contribution in [2.75, 3.05) is 0 Å². The zero-order valence-corrected chi connectivity index (χ0v) is 8.37. The number of fused-ring (bicyclic) bond motifs is 1. The second kappa shape index (κ2) is 3.34. The molecule has 1 radical (unpaired) electrons. The lowest BCUT2D eigenvalue weighted by Gasteiger charge is -1.96. The highest BCUT2D eigenvalue weighted by Crippen LogP contribution is 2.15. The van der Waals surface area contributed by atoms with Crippen LogP contribution in [0.4, 0.5) is 0 Å². The molecule has 0 aliphatic heterocycles. The van der Waals surface area contributed by atoms with Crippen LogP contribution in [0, 0.1) is 0 Å². The quantitative estimate of drug-likeness (QED) is 0.619. The predicted octanol–water partition coefficient (Wildman–Crippen LogP) is 2.56. The maximum Gasteiger partial charge on any atom is 0.178 e. The Hall–Kier alpha value is -2.36. The molecule has 77 valence electrons. The van der Waals surface area contributed by atoms with E-state index in [4.69, 9.17) is 0 Å². The highest BCUT2D eigenvalue weighted by Gasteiger charge is 2.03. The van der Waals surface area contributed by atoms with Crippen LogP contribution in [0.5, 0.6) is 5.75 Å². The van der Waals surface area contributed by atoms with Gasteiger partial charge in [-0.15, -0.1) is 10.2 Å². The fraction of sp³-hybridized carbons (Fsp3) is 0. The van der Waals surface area contributed by atoms with Gasteiger partial charge >= 0.3 is 0 Å². The van der Waals surface area contributed by atoms with Crippen molar-refractivity contribution in [1.82, 2.24) is 15.0 Å². The smallest absolute Gasteiger partial charge is 0.178 e. The standard InChI is InChI=1S/C12H8N3O/c16-10-7-5-9(6-8-10)15-13-11-3-1-2-4-12(11)14-15/h1-8H. The Morgan fingerprint density at radius 3 is 1.94 bits per heavy atom. The molecule has 2 aromatic carbocycles. The van der Waals surface area contributed by atoms with Crippen LogP contribution < -0.4 is 0 Å². The molecule has 1 heterocycles. The molecule has 0 aliphatic carbocycles. The summed E-state index contributed by atoms with van der Waals surface area (Å²) < 4.78 is 0. The summed E-state index contributed by atoms with van der Waals surface area (Å²) in [6, 6.07) is 14.1. The zero-order valence-electron chi connectivity index (χ0n) is 8.37. The van der Waals surface area contributed by atoms with E-state index in [-0.39, 0.29) is 5.75 Å². The molecule has 0 fully saturated rings. The molecule has 0 aliphatic rings. The van der Waals surface area contributed by atoms with Crippen LogP contribution in [0.25, 0.3) is 16.7 Å². The molecule has 0 bridgehead atoms. The third-order valence-corrected chi connectivity index (χ3v) is 2.35. The number of hydrogen-bond acceptors (Lipinski definition) is 2. The fourth-order valence-corrected chi connectivity index (χ4v) is 1.55. The lowest BCUT2D eigenvalue weighted by Crippen LogP contribution is -1.97. The first-order valence-electron chi connectivity index (χ1n) is 4.92. The highest BCUT2D eigenvalue weighted by molar-refractivity contribution is 5.73. The summed E-state index contributed by atoms with van der Waals surface area (Å²) in [5.74, 6) is -0.0135. The van der Waals surface area contributed by atoms with E-state index in [0.29, 0.717) is 0 Å². The average Bonchev–Trinajstić information content (AvgIpc) is 2.73. The summed E-state index contributed by atoms with van der Waals surface area (Å²) in [5.41, 5.74) is 2.47. The van der Waals surface area contributed by atoms with Crippen LogP contribution in [-0.4, -0.2) is 15.0 Å². The first-order valence-corrected chi connectivity index (χ1v) is 4.92. The third kappa shape index (κ3) is 1.40. The van der Waals surface area contributed by atoms with Gasteiger partial charge in [-0.2, -0.15) is 4.80 Å². The number of nitrogens with zero attached hydrogens (tertiary/aromatic N) is 3. The maximum atomic E-state index is 11.0. The molecule has 0 saturated carbocycles. The van der Waals surface area contributed by atoms with Crippen LogP contribution >= 0.6 is 0 Å². The van der Waals surface area contributed by atoms with Crippen LogP contribution in [0.15, 0.2) is 48.5 Å². The topological polar surface area (TPSA) is 50.6 Å². The van der Waals surface area contributed by atoms with E-state index in [9.17, 15) is 5.11 Å². The fourth-order valence-electron chi connectivity index (χ4n) is 1.55. The molecule has 3 rings (SSSR count). The largest absolute Gasteiger partial charge is 0.290 e. The Morgan fingerprint density at radius 1 is 0.812 bits per heavy atom. The SMILES string of the molecule is [O]c1ccc(-n2nc3ccccc3n2)cc1. The Kier molecular flexibility index (Phi) is 1.86. The van der Waals surface area contributed by atoms with Crippen molar-refractivity contribution in [3.05, 3.63) is 48.5 Å². The Morgan fingerprint density at radius 2 is 1.38 bits per heavy atom. The van der Waals surface area contributed by atoms with Gasteiger partial charge in [0.15, 0.2) is 5.75 Å². The second-order valence-electron chi connectivity index (χ2n) is 3.47. The lowest BCUT2D eigenvalue weighted by molar-refractivity contribution is 0.355. The summed E-state index contributed by atoms with van der Waals surface area (Å²) in [7, 11) is 0. The summed E-state index contributed by atoms with van der Waals surface area (Å²) >= 11 is 0. The molecule has 0 amide bonds. The first-order chi connectivity index (χ1) is 7.83. The minimum Gasteiger partial charge on any atom is -0.290 e. The molecule has 0 N–H and O–H groups in total. The van der Waals surface area contributed by atoms with Crippen LogP contribution in [-0.2, 0) is 5.11 Å². The van der Waals surface area contributed by atoms with Crippen molar-refractivity contribution in [3.63, 3.8) is 0 Å². The van der Waals surface area contributed by atoms with Crippen molar-refractivity contribution >= 4 is 11.0 Å².